The lowest BCUT2D eigenvalue weighted by atomic mass is 10.2. The third kappa shape index (κ3) is 5.37. The molecule has 1 aromatic rings. The average Bonchev–Trinajstić information content (AvgIpc) is 3.07. The molecule has 0 bridgehead atoms. The van der Waals surface area contributed by atoms with Crippen LogP contribution in [0.2, 0.25) is 0 Å². The molecule has 2 saturated heterocycles. The number of amides is 1. The van der Waals surface area contributed by atoms with Crippen LogP contribution >= 0.6 is 0 Å². The number of hydrogen-bond acceptors (Lipinski definition) is 6. The van der Waals surface area contributed by atoms with Crippen molar-refractivity contribution in [2.24, 2.45) is 0 Å². The van der Waals surface area contributed by atoms with Gasteiger partial charge in [-0.15, -0.1) is 0 Å². The van der Waals surface area contributed by atoms with Crippen LogP contribution in [0, 0.1) is 5.82 Å². The quantitative estimate of drug-likeness (QED) is 0.589. The molecule has 1 atom stereocenters. The zero-order chi connectivity index (χ0) is 21.9. The summed E-state index contributed by atoms with van der Waals surface area (Å²) >= 11 is 0. The van der Waals surface area contributed by atoms with Crippen LogP contribution < -0.4 is 0 Å². The topological polar surface area (TPSA) is 95.1 Å². The predicted molar refractivity (Wildman–Crippen MR) is 111 cm³/mol. The minimum atomic E-state index is -3.73. The van der Waals surface area contributed by atoms with Crippen molar-refractivity contribution >= 4 is 25.8 Å². The first-order valence-corrected chi connectivity index (χ1v) is 13.4. The van der Waals surface area contributed by atoms with Gasteiger partial charge >= 0.3 is 0 Å². The Bertz CT molecular complexity index is 958. The van der Waals surface area contributed by atoms with E-state index in [9.17, 15) is 26.0 Å². The summed E-state index contributed by atoms with van der Waals surface area (Å²) in [4.78, 5) is 16.4. The van der Waals surface area contributed by atoms with Crippen LogP contribution in [-0.2, 0) is 24.7 Å². The van der Waals surface area contributed by atoms with Crippen molar-refractivity contribution in [2.45, 2.75) is 30.7 Å². The summed E-state index contributed by atoms with van der Waals surface area (Å²) < 4.78 is 63.4. The van der Waals surface area contributed by atoms with Gasteiger partial charge in [-0.3, -0.25) is 9.69 Å². The lowest BCUT2D eigenvalue weighted by Gasteiger charge is -2.36. The summed E-state index contributed by atoms with van der Waals surface area (Å²) in [6.07, 6.45) is 1.35. The molecule has 30 heavy (non-hydrogen) atoms. The molecule has 168 valence electrons. The molecular weight excluding hydrogens is 433 g/mol. The van der Waals surface area contributed by atoms with Gasteiger partial charge in [-0.25, -0.2) is 21.2 Å². The first kappa shape index (κ1) is 23.1. The Morgan fingerprint density at radius 3 is 2.33 bits per heavy atom. The van der Waals surface area contributed by atoms with Gasteiger partial charge in [-0.2, -0.15) is 4.31 Å². The zero-order valence-corrected chi connectivity index (χ0v) is 18.7. The highest BCUT2D eigenvalue weighted by atomic mass is 32.2. The monoisotopic (exact) mass is 461 g/mol. The van der Waals surface area contributed by atoms with E-state index in [1.165, 1.54) is 16.4 Å². The summed E-state index contributed by atoms with van der Waals surface area (Å²) in [5.74, 6) is -0.377. The maximum atomic E-state index is 13.1. The van der Waals surface area contributed by atoms with E-state index in [0.717, 1.165) is 18.6 Å². The number of benzene rings is 1. The predicted octanol–water partition coefficient (Wildman–Crippen LogP) is 0.558. The number of rotatable bonds is 7. The molecule has 0 N–H and O–H groups in total. The maximum absolute atomic E-state index is 13.1. The molecule has 11 heteroatoms. The molecule has 3 rings (SSSR count). The first-order valence-electron chi connectivity index (χ1n) is 10.1. The van der Waals surface area contributed by atoms with Crippen molar-refractivity contribution in [3.8, 4) is 0 Å². The van der Waals surface area contributed by atoms with E-state index in [2.05, 4.69) is 0 Å². The van der Waals surface area contributed by atoms with Gasteiger partial charge in [-0.1, -0.05) is 6.92 Å². The average molecular weight is 462 g/mol. The molecule has 0 spiro atoms. The Hall–Kier alpha value is -1.56. The Labute approximate surface area is 177 Å². The molecule has 2 aliphatic heterocycles. The second-order valence-corrected chi connectivity index (χ2v) is 11.9. The van der Waals surface area contributed by atoms with E-state index in [-0.39, 0.29) is 61.1 Å². The maximum Gasteiger partial charge on any atom is 0.243 e. The number of carbonyl (C=O) groups excluding carboxylic acids is 1. The van der Waals surface area contributed by atoms with E-state index in [4.69, 9.17) is 0 Å². The van der Waals surface area contributed by atoms with Crippen molar-refractivity contribution in [1.82, 2.24) is 14.1 Å². The Morgan fingerprint density at radius 2 is 1.80 bits per heavy atom. The molecule has 1 unspecified atom stereocenters. The standard InChI is InChI=1S/C19H28FN3O5S2/c1-2-8-22(17-7-13-29(25,26)15-17)14-19(24)21-9-11-23(12-10-21)30(27,28)18-5-3-16(20)4-6-18/h3-6,17H,2,7-15H2,1H3. The van der Waals surface area contributed by atoms with Crippen LogP contribution in [0.3, 0.4) is 0 Å². The summed E-state index contributed by atoms with van der Waals surface area (Å²) in [6, 6.07) is 4.55. The second-order valence-electron chi connectivity index (χ2n) is 7.77. The molecule has 8 nitrogen and oxygen atoms in total. The van der Waals surface area contributed by atoms with E-state index < -0.39 is 25.7 Å². The van der Waals surface area contributed by atoms with Gasteiger partial charge < -0.3 is 4.90 Å². The summed E-state index contributed by atoms with van der Waals surface area (Å²) in [5.41, 5.74) is 0. The molecule has 2 aliphatic rings. The highest BCUT2D eigenvalue weighted by Gasteiger charge is 2.35. The van der Waals surface area contributed by atoms with Crippen LogP contribution in [-0.4, -0.2) is 93.7 Å². The number of sulfonamides is 1. The molecule has 0 radical (unpaired) electrons. The van der Waals surface area contributed by atoms with Gasteiger partial charge in [0.25, 0.3) is 0 Å². The molecule has 1 amide bonds. The fourth-order valence-corrected chi connectivity index (χ4v) is 7.13. The SMILES string of the molecule is CCCN(CC(=O)N1CCN(S(=O)(=O)c2ccc(F)cc2)CC1)C1CCS(=O)(=O)C1. The second kappa shape index (κ2) is 9.29. The Morgan fingerprint density at radius 1 is 1.17 bits per heavy atom. The zero-order valence-electron chi connectivity index (χ0n) is 17.0. The van der Waals surface area contributed by atoms with Crippen molar-refractivity contribution in [1.29, 1.82) is 0 Å². The third-order valence-corrected chi connectivity index (χ3v) is 9.28. The molecule has 2 heterocycles. The van der Waals surface area contributed by atoms with E-state index >= 15 is 0 Å². The van der Waals surface area contributed by atoms with Gasteiger partial charge in [0.15, 0.2) is 9.84 Å². The lowest BCUT2D eigenvalue weighted by Crippen LogP contribution is -2.53. The number of piperazine rings is 1. The number of carbonyl (C=O) groups is 1. The van der Waals surface area contributed by atoms with Gasteiger partial charge in [0, 0.05) is 32.2 Å². The highest BCUT2D eigenvalue weighted by Crippen LogP contribution is 2.20. The van der Waals surface area contributed by atoms with Crippen LogP contribution in [0.1, 0.15) is 19.8 Å². The lowest BCUT2D eigenvalue weighted by molar-refractivity contribution is -0.134. The van der Waals surface area contributed by atoms with Crippen LogP contribution in [0.15, 0.2) is 29.2 Å². The van der Waals surface area contributed by atoms with Gasteiger partial charge in [0.05, 0.1) is 22.9 Å². The van der Waals surface area contributed by atoms with E-state index in [1.54, 1.807) is 4.90 Å². The molecular formula is C19H28FN3O5S2. The molecule has 0 saturated carbocycles. The Kier molecular flexibility index (Phi) is 7.16. The molecule has 1 aromatic carbocycles. The van der Waals surface area contributed by atoms with Gasteiger partial charge in [-0.05, 0) is 43.7 Å². The van der Waals surface area contributed by atoms with Crippen molar-refractivity contribution in [2.75, 3.05) is 50.8 Å². The van der Waals surface area contributed by atoms with Crippen LogP contribution in [0.25, 0.3) is 0 Å². The normalized spacial score (nSPS) is 22.5. The third-order valence-electron chi connectivity index (χ3n) is 5.62. The van der Waals surface area contributed by atoms with Crippen molar-refractivity contribution < 1.29 is 26.0 Å². The number of sulfone groups is 1. The van der Waals surface area contributed by atoms with E-state index in [1.807, 2.05) is 11.8 Å². The minimum Gasteiger partial charge on any atom is -0.339 e. The first-order chi connectivity index (χ1) is 14.1. The van der Waals surface area contributed by atoms with Gasteiger partial charge in [0.1, 0.15) is 5.82 Å². The highest BCUT2D eigenvalue weighted by molar-refractivity contribution is 7.91. The Balaban J connectivity index is 1.58. The largest absolute Gasteiger partial charge is 0.339 e. The molecule has 2 fully saturated rings. The van der Waals surface area contributed by atoms with Crippen molar-refractivity contribution in [3.63, 3.8) is 0 Å². The van der Waals surface area contributed by atoms with Crippen LogP contribution in [0.4, 0.5) is 4.39 Å². The summed E-state index contributed by atoms with van der Waals surface area (Å²) in [5, 5.41) is 0. The van der Waals surface area contributed by atoms with E-state index in [0.29, 0.717) is 13.0 Å². The number of nitrogens with zero attached hydrogens (tertiary/aromatic N) is 3. The molecule has 0 aliphatic carbocycles. The number of halogens is 1. The fourth-order valence-electron chi connectivity index (χ4n) is 3.95. The summed E-state index contributed by atoms with van der Waals surface area (Å²) in [6.45, 7) is 3.63. The molecule has 0 aromatic heterocycles. The van der Waals surface area contributed by atoms with Crippen molar-refractivity contribution in [3.05, 3.63) is 30.1 Å². The fraction of sp³-hybridized carbons (Fsp3) is 0.632. The number of hydrogen-bond donors (Lipinski definition) is 0. The van der Waals surface area contributed by atoms with Crippen LogP contribution in [0.5, 0.6) is 0 Å². The minimum absolute atomic E-state index is 0.0280. The van der Waals surface area contributed by atoms with Gasteiger partial charge in [0.2, 0.25) is 15.9 Å². The summed E-state index contributed by atoms with van der Waals surface area (Å²) in [7, 11) is -6.77. The smallest absolute Gasteiger partial charge is 0.243 e.